The van der Waals surface area contributed by atoms with E-state index in [1.54, 1.807) is 0 Å². The van der Waals surface area contributed by atoms with Crippen LogP contribution in [0, 0.1) is 27.7 Å². The lowest BCUT2D eigenvalue weighted by Gasteiger charge is -2.11. The van der Waals surface area contributed by atoms with Crippen molar-refractivity contribution < 1.29 is 0 Å². The van der Waals surface area contributed by atoms with Gasteiger partial charge in [-0.1, -0.05) is 18.2 Å². The number of benzene rings is 1. The van der Waals surface area contributed by atoms with Gasteiger partial charge in [0.2, 0.25) is 0 Å². The van der Waals surface area contributed by atoms with E-state index in [1.165, 1.54) is 22.4 Å². The Morgan fingerprint density at radius 2 is 1.67 bits per heavy atom. The second-order valence-corrected chi connectivity index (χ2v) is 5.08. The van der Waals surface area contributed by atoms with Crippen LogP contribution in [0.5, 0.6) is 0 Å². The molecule has 0 saturated carbocycles. The molecule has 0 aliphatic rings. The molecular formula is C15H19ClN2. The summed E-state index contributed by atoms with van der Waals surface area (Å²) in [6.45, 7) is 9.23. The van der Waals surface area contributed by atoms with Crippen LogP contribution < -0.4 is 0 Å². The van der Waals surface area contributed by atoms with Crippen molar-refractivity contribution in [2.24, 2.45) is 0 Å². The fourth-order valence-electron chi connectivity index (χ4n) is 2.33. The molecule has 1 aromatic carbocycles. The lowest BCUT2D eigenvalue weighted by Crippen LogP contribution is -2.07. The summed E-state index contributed by atoms with van der Waals surface area (Å²) < 4.78 is 2.06. The van der Waals surface area contributed by atoms with Gasteiger partial charge in [-0.25, -0.2) is 0 Å². The molecular weight excluding hydrogens is 244 g/mol. The van der Waals surface area contributed by atoms with E-state index in [0.29, 0.717) is 5.88 Å². The van der Waals surface area contributed by atoms with Crippen LogP contribution in [0.3, 0.4) is 0 Å². The zero-order valence-corrected chi connectivity index (χ0v) is 12.2. The van der Waals surface area contributed by atoms with Gasteiger partial charge in [0.05, 0.1) is 18.1 Å². The van der Waals surface area contributed by atoms with E-state index in [4.69, 9.17) is 11.6 Å². The molecule has 1 heterocycles. The van der Waals surface area contributed by atoms with Crippen molar-refractivity contribution in [3.8, 4) is 0 Å². The maximum absolute atomic E-state index is 5.96. The second-order valence-electron chi connectivity index (χ2n) is 4.81. The van der Waals surface area contributed by atoms with Crippen LogP contribution in [-0.2, 0) is 12.4 Å². The normalized spacial score (nSPS) is 10.9. The average Bonchev–Trinajstić information content (AvgIpc) is 2.59. The summed E-state index contributed by atoms with van der Waals surface area (Å²) in [5.41, 5.74) is 7.34. The Bertz CT molecular complexity index is 550. The van der Waals surface area contributed by atoms with E-state index in [2.05, 4.69) is 48.8 Å². The molecule has 0 unspecified atom stereocenters. The van der Waals surface area contributed by atoms with Gasteiger partial charge in [-0.15, -0.1) is 11.6 Å². The molecule has 0 aliphatic carbocycles. The van der Waals surface area contributed by atoms with Gasteiger partial charge < -0.3 is 0 Å². The predicted molar refractivity (Wildman–Crippen MR) is 76.3 cm³/mol. The van der Waals surface area contributed by atoms with Crippen LogP contribution in [0.1, 0.15) is 33.6 Å². The van der Waals surface area contributed by atoms with Crippen molar-refractivity contribution in [2.75, 3.05) is 0 Å². The topological polar surface area (TPSA) is 17.8 Å². The van der Waals surface area contributed by atoms with Gasteiger partial charge in [0, 0.05) is 11.3 Å². The maximum atomic E-state index is 5.96. The summed E-state index contributed by atoms with van der Waals surface area (Å²) >= 11 is 5.96. The Hall–Kier alpha value is -1.28. The van der Waals surface area contributed by atoms with Crippen molar-refractivity contribution in [1.82, 2.24) is 9.78 Å². The minimum Gasteiger partial charge on any atom is -0.265 e. The highest BCUT2D eigenvalue weighted by atomic mass is 35.5. The monoisotopic (exact) mass is 262 g/mol. The third-order valence-electron chi connectivity index (χ3n) is 3.62. The molecule has 0 bridgehead atoms. The van der Waals surface area contributed by atoms with Crippen LogP contribution in [-0.4, -0.2) is 9.78 Å². The first kappa shape index (κ1) is 13.2. The number of rotatable bonds is 3. The fourth-order valence-corrected chi connectivity index (χ4v) is 2.72. The van der Waals surface area contributed by atoms with Gasteiger partial charge in [0.15, 0.2) is 0 Å². The molecule has 3 heteroatoms. The Balaban J connectivity index is 2.41. The number of hydrogen-bond donors (Lipinski definition) is 0. The summed E-state index contributed by atoms with van der Waals surface area (Å²) in [5, 5.41) is 4.59. The van der Waals surface area contributed by atoms with E-state index >= 15 is 0 Å². The fraction of sp³-hybridized carbons (Fsp3) is 0.400. The van der Waals surface area contributed by atoms with Gasteiger partial charge >= 0.3 is 0 Å². The molecule has 0 radical (unpaired) electrons. The van der Waals surface area contributed by atoms with Crippen LogP contribution in [0.25, 0.3) is 0 Å². The lowest BCUT2D eigenvalue weighted by molar-refractivity contribution is 0.653. The first-order chi connectivity index (χ1) is 8.54. The van der Waals surface area contributed by atoms with E-state index in [0.717, 1.165) is 17.8 Å². The third kappa shape index (κ3) is 2.30. The minimum absolute atomic E-state index is 0.532. The first-order valence-corrected chi connectivity index (χ1v) is 6.72. The third-order valence-corrected chi connectivity index (χ3v) is 3.88. The number of hydrogen-bond acceptors (Lipinski definition) is 1. The highest BCUT2D eigenvalue weighted by Gasteiger charge is 2.12. The maximum Gasteiger partial charge on any atom is 0.0667 e. The van der Waals surface area contributed by atoms with Crippen molar-refractivity contribution in [3.63, 3.8) is 0 Å². The van der Waals surface area contributed by atoms with Crippen LogP contribution in [0.4, 0.5) is 0 Å². The van der Waals surface area contributed by atoms with Crippen molar-refractivity contribution in [1.29, 1.82) is 0 Å². The summed E-state index contributed by atoms with van der Waals surface area (Å²) in [6.07, 6.45) is 0. The lowest BCUT2D eigenvalue weighted by atomic mass is 10.0. The number of alkyl halides is 1. The molecule has 96 valence electrons. The first-order valence-electron chi connectivity index (χ1n) is 6.18. The molecule has 2 rings (SSSR count). The minimum atomic E-state index is 0.532. The summed E-state index contributed by atoms with van der Waals surface area (Å²) in [7, 11) is 0. The van der Waals surface area contributed by atoms with E-state index in [1.807, 2.05) is 6.92 Å². The summed E-state index contributed by atoms with van der Waals surface area (Å²) in [5.74, 6) is 0.532. The second kappa shape index (κ2) is 5.15. The standard InChI is InChI=1S/C15H19ClN2/c1-10-6-5-7-11(2)15(10)9-18-13(4)14(8-16)12(3)17-18/h5-7H,8-9H2,1-4H3. The highest BCUT2D eigenvalue weighted by molar-refractivity contribution is 6.17. The number of halogens is 1. The Labute approximate surface area is 114 Å². The van der Waals surface area contributed by atoms with Crippen LogP contribution in [0.2, 0.25) is 0 Å². The van der Waals surface area contributed by atoms with Crippen LogP contribution >= 0.6 is 11.6 Å². The molecule has 0 N–H and O–H groups in total. The van der Waals surface area contributed by atoms with Crippen molar-refractivity contribution in [2.45, 2.75) is 40.1 Å². The SMILES string of the molecule is Cc1cccc(C)c1Cn1nc(C)c(CCl)c1C. The zero-order chi connectivity index (χ0) is 13.3. The molecule has 2 nitrogen and oxygen atoms in total. The summed E-state index contributed by atoms with van der Waals surface area (Å²) in [6, 6.07) is 6.40. The van der Waals surface area contributed by atoms with Gasteiger partial charge in [0.1, 0.15) is 0 Å². The van der Waals surface area contributed by atoms with E-state index in [-0.39, 0.29) is 0 Å². The van der Waals surface area contributed by atoms with Gasteiger partial charge in [-0.3, -0.25) is 4.68 Å². The Kier molecular flexibility index (Phi) is 3.76. The number of nitrogens with zero attached hydrogens (tertiary/aromatic N) is 2. The summed E-state index contributed by atoms with van der Waals surface area (Å²) in [4.78, 5) is 0. The van der Waals surface area contributed by atoms with Gasteiger partial charge in [-0.05, 0) is 44.4 Å². The average molecular weight is 263 g/mol. The largest absolute Gasteiger partial charge is 0.265 e. The Morgan fingerprint density at radius 3 is 2.17 bits per heavy atom. The van der Waals surface area contributed by atoms with Crippen molar-refractivity contribution in [3.05, 3.63) is 51.8 Å². The zero-order valence-electron chi connectivity index (χ0n) is 11.4. The molecule has 0 aliphatic heterocycles. The van der Waals surface area contributed by atoms with Crippen LogP contribution in [0.15, 0.2) is 18.2 Å². The molecule has 0 amide bonds. The predicted octanol–water partition coefficient (Wildman–Crippen LogP) is 3.90. The molecule has 0 atom stereocenters. The van der Waals surface area contributed by atoms with Gasteiger partial charge in [0.25, 0.3) is 0 Å². The molecule has 0 spiro atoms. The molecule has 2 aromatic rings. The molecule has 0 fully saturated rings. The van der Waals surface area contributed by atoms with E-state index < -0.39 is 0 Å². The molecule has 18 heavy (non-hydrogen) atoms. The highest BCUT2D eigenvalue weighted by Crippen LogP contribution is 2.19. The molecule has 0 saturated heterocycles. The number of aromatic nitrogens is 2. The van der Waals surface area contributed by atoms with E-state index in [9.17, 15) is 0 Å². The van der Waals surface area contributed by atoms with Crippen molar-refractivity contribution >= 4 is 11.6 Å². The Morgan fingerprint density at radius 1 is 1.06 bits per heavy atom. The quantitative estimate of drug-likeness (QED) is 0.767. The smallest absolute Gasteiger partial charge is 0.0667 e. The molecule has 1 aromatic heterocycles. The van der Waals surface area contributed by atoms with Gasteiger partial charge in [-0.2, -0.15) is 5.10 Å². The number of aryl methyl sites for hydroxylation is 3.